The molecule has 2 aromatic carbocycles. The van der Waals surface area contributed by atoms with E-state index in [-0.39, 0.29) is 37.8 Å². The van der Waals surface area contributed by atoms with Crippen molar-refractivity contribution in [1.82, 2.24) is 0 Å². The number of cyclic esters (lactones) is 1. The van der Waals surface area contributed by atoms with Gasteiger partial charge in [-0.15, -0.1) is 11.3 Å². The Morgan fingerprint density at radius 1 is 1.07 bits per heavy atom. The molecular weight excluding hydrogens is 469 g/mol. The highest BCUT2D eigenvalue weighted by Gasteiger charge is 2.27. The fourth-order valence-electron chi connectivity index (χ4n) is 2.58. The summed E-state index contributed by atoms with van der Waals surface area (Å²) in [7, 11) is -4.17. The third-order valence-corrected chi connectivity index (χ3v) is 6.50. The number of carbonyl (C=O) groups excluding carboxylic acids is 1. The first-order valence-electron chi connectivity index (χ1n) is 8.38. The monoisotopic (exact) mass is 479 g/mol. The molecule has 0 spiro atoms. The van der Waals surface area contributed by atoms with E-state index in [0.29, 0.717) is 4.88 Å². The van der Waals surface area contributed by atoms with Crippen molar-refractivity contribution in [3.05, 3.63) is 86.2 Å². The number of rotatable bonds is 5. The predicted molar refractivity (Wildman–Crippen MR) is 116 cm³/mol. The van der Waals surface area contributed by atoms with E-state index >= 15 is 0 Å². The van der Waals surface area contributed by atoms with Crippen LogP contribution in [0.5, 0.6) is 5.75 Å². The summed E-state index contributed by atoms with van der Waals surface area (Å²) in [6, 6.07) is 13.9. The minimum atomic E-state index is -4.17. The molecule has 0 saturated carbocycles. The maximum absolute atomic E-state index is 12.6. The molecule has 0 atom stereocenters. The average Bonchev–Trinajstić information content (AvgIpc) is 3.36. The van der Waals surface area contributed by atoms with E-state index in [1.54, 1.807) is 30.3 Å². The molecule has 6 nitrogen and oxygen atoms in total. The highest BCUT2D eigenvalue weighted by molar-refractivity contribution is 7.87. The smallest absolute Gasteiger partial charge is 0.363 e. The normalized spacial score (nSPS) is 15.2. The molecule has 0 unspecified atom stereocenters. The number of carbonyl (C=O) groups is 1. The van der Waals surface area contributed by atoms with E-state index < -0.39 is 16.1 Å². The summed E-state index contributed by atoms with van der Waals surface area (Å²) < 4.78 is 35.8. The zero-order chi connectivity index (χ0) is 21.3. The van der Waals surface area contributed by atoms with E-state index in [0.717, 1.165) is 0 Å². The highest BCUT2D eigenvalue weighted by atomic mass is 35.5. The average molecular weight is 480 g/mol. The van der Waals surface area contributed by atoms with E-state index in [9.17, 15) is 13.2 Å². The van der Waals surface area contributed by atoms with Crippen LogP contribution in [0, 0.1) is 0 Å². The van der Waals surface area contributed by atoms with Crippen LogP contribution in [-0.4, -0.2) is 20.3 Å². The van der Waals surface area contributed by atoms with Crippen molar-refractivity contribution in [2.45, 2.75) is 4.90 Å². The number of ether oxygens (including phenoxy) is 1. The highest BCUT2D eigenvalue weighted by Crippen LogP contribution is 2.36. The van der Waals surface area contributed by atoms with Gasteiger partial charge in [0.2, 0.25) is 5.90 Å². The van der Waals surface area contributed by atoms with Gasteiger partial charge in [0, 0.05) is 10.6 Å². The Bertz CT molecular complexity index is 1280. The standard InChI is InChI=1S/C20H11Cl2NO5S2/c21-13-9-12(10-16-20(24)27-19(23-16)17-7-4-8-29-17)18(15(22)11-13)28-30(25,26)14-5-2-1-3-6-14/h1-11H/b16-10-. The van der Waals surface area contributed by atoms with Crippen LogP contribution >= 0.6 is 34.5 Å². The number of thiophene rings is 1. The van der Waals surface area contributed by atoms with E-state index in [1.165, 1.54) is 41.7 Å². The van der Waals surface area contributed by atoms with Crippen molar-refractivity contribution in [1.29, 1.82) is 0 Å². The third-order valence-electron chi connectivity index (χ3n) is 3.91. The number of halogens is 2. The maximum atomic E-state index is 12.6. The minimum Gasteiger partial charge on any atom is -0.401 e. The number of esters is 1. The lowest BCUT2D eigenvalue weighted by molar-refractivity contribution is -0.129. The summed E-state index contributed by atoms with van der Waals surface area (Å²) in [5.74, 6) is -0.704. The summed E-state index contributed by atoms with van der Waals surface area (Å²) in [5, 5.41) is 2.01. The first kappa shape index (κ1) is 20.6. The molecule has 1 aliphatic heterocycles. The predicted octanol–water partition coefficient (Wildman–Crippen LogP) is 5.17. The van der Waals surface area contributed by atoms with E-state index in [2.05, 4.69) is 4.99 Å². The fraction of sp³-hybridized carbons (Fsp3) is 0. The fourth-order valence-corrected chi connectivity index (χ4v) is 4.82. The molecule has 152 valence electrons. The summed E-state index contributed by atoms with van der Waals surface area (Å²) >= 11 is 13.6. The van der Waals surface area contributed by atoms with Gasteiger partial charge in [-0.25, -0.2) is 9.79 Å². The molecule has 0 saturated heterocycles. The first-order valence-corrected chi connectivity index (χ1v) is 11.4. The minimum absolute atomic E-state index is 0.0392. The van der Waals surface area contributed by atoms with Gasteiger partial charge in [0.15, 0.2) is 11.4 Å². The summed E-state index contributed by atoms with van der Waals surface area (Å²) in [4.78, 5) is 17.1. The molecule has 0 amide bonds. The lowest BCUT2D eigenvalue weighted by atomic mass is 10.1. The quantitative estimate of drug-likeness (QED) is 0.286. The Hall–Kier alpha value is -2.65. The Morgan fingerprint density at radius 2 is 1.83 bits per heavy atom. The second-order valence-corrected chi connectivity index (χ2v) is 9.31. The van der Waals surface area contributed by atoms with E-state index in [4.69, 9.17) is 32.1 Å². The Balaban J connectivity index is 1.76. The van der Waals surface area contributed by atoms with Gasteiger partial charge in [-0.1, -0.05) is 47.5 Å². The molecule has 3 aromatic rings. The largest absolute Gasteiger partial charge is 0.401 e. The molecule has 0 radical (unpaired) electrons. The Morgan fingerprint density at radius 3 is 2.53 bits per heavy atom. The van der Waals surface area contributed by atoms with Crippen LogP contribution in [0.4, 0.5) is 0 Å². The van der Waals surface area contributed by atoms with Crippen molar-refractivity contribution < 1.29 is 22.1 Å². The number of nitrogens with zero attached hydrogens (tertiary/aromatic N) is 1. The van der Waals surface area contributed by atoms with Crippen molar-refractivity contribution in [3.63, 3.8) is 0 Å². The van der Waals surface area contributed by atoms with Crippen molar-refractivity contribution >= 4 is 62.6 Å². The van der Waals surface area contributed by atoms with Crippen LogP contribution in [-0.2, 0) is 19.6 Å². The van der Waals surface area contributed by atoms with Crippen molar-refractivity contribution in [2.24, 2.45) is 4.99 Å². The molecule has 10 heteroatoms. The molecule has 0 fully saturated rings. The first-order chi connectivity index (χ1) is 14.3. The third kappa shape index (κ3) is 4.27. The van der Waals surface area contributed by atoms with Gasteiger partial charge in [-0.05, 0) is 41.8 Å². The van der Waals surface area contributed by atoms with E-state index in [1.807, 2.05) is 5.38 Å². The van der Waals surface area contributed by atoms with Gasteiger partial charge in [-0.3, -0.25) is 0 Å². The second kappa shape index (κ2) is 8.23. The molecule has 4 rings (SSSR count). The van der Waals surface area contributed by atoms with Gasteiger partial charge >= 0.3 is 16.1 Å². The van der Waals surface area contributed by atoms with Gasteiger partial charge in [0.05, 0.1) is 9.90 Å². The van der Waals surface area contributed by atoms with Crippen LogP contribution < -0.4 is 4.18 Å². The summed E-state index contributed by atoms with van der Waals surface area (Å²) in [6.07, 6.45) is 1.32. The number of benzene rings is 2. The Kier molecular flexibility index (Phi) is 5.66. The molecule has 0 bridgehead atoms. The lowest BCUT2D eigenvalue weighted by Gasteiger charge is -2.12. The zero-order valence-electron chi connectivity index (χ0n) is 14.9. The van der Waals surface area contributed by atoms with Crippen LogP contribution in [0.25, 0.3) is 6.08 Å². The molecule has 1 aromatic heterocycles. The Labute approximate surface area is 186 Å². The summed E-state index contributed by atoms with van der Waals surface area (Å²) in [5.41, 5.74) is 0.119. The molecule has 30 heavy (non-hydrogen) atoms. The molecule has 1 aliphatic rings. The van der Waals surface area contributed by atoms with Crippen LogP contribution in [0.1, 0.15) is 10.4 Å². The van der Waals surface area contributed by atoms with Crippen LogP contribution in [0.3, 0.4) is 0 Å². The number of hydrogen-bond donors (Lipinski definition) is 0. The topological polar surface area (TPSA) is 82.0 Å². The SMILES string of the molecule is O=C1OC(c2cccs2)=N/C1=C\c1cc(Cl)cc(Cl)c1OS(=O)(=O)c1ccccc1. The van der Waals surface area contributed by atoms with Crippen LogP contribution in [0.2, 0.25) is 10.0 Å². The van der Waals surface area contributed by atoms with Crippen molar-refractivity contribution in [3.8, 4) is 5.75 Å². The van der Waals surface area contributed by atoms with Gasteiger partial charge < -0.3 is 8.92 Å². The zero-order valence-corrected chi connectivity index (χ0v) is 18.1. The molecule has 2 heterocycles. The summed E-state index contributed by atoms with van der Waals surface area (Å²) in [6.45, 7) is 0. The molecule has 0 aliphatic carbocycles. The van der Waals surface area contributed by atoms with Gasteiger partial charge in [-0.2, -0.15) is 8.42 Å². The molecular formula is C20H11Cl2NO5S2. The van der Waals surface area contributed by atoms with Gasteiger partial charge in [0.1, 0.15) is 4.90 Å². The van der Waals surface area contributed by atoms with Gasteiger partial charge in [0.25, 0.3) is 0 Å². The van der Waals surface area contributed by atoms with Crippen molar-refractivity contribution in [2.75, 3.05) is 0 Å². The number of aliphatic imine (C=N–C) groups is 1. The van der Waals surface area contributed by atoms with Crippen LogP contribution in [0.15, 0.2) is 75.6 Å². The maximum Gasteiger partial charge on any atom is 0.363 e. The molecule has 0 N–H and O–H groups in total. The lowest BCUT2D eigenvalue weighted by Crippen LogP contribution is -2.11. The number of hydrogen-bond acceptors (Lipinski definition) is 7. The second-order valence-electron chi connectivity index (χ2n) is 5.97.